The SMILES string of the molecule is CCCc1ccc(NC(=O)CSCCN)cc1. The molecule has 0 unspecified atom stereocenters. The maximum atomic E-state index is 11.5. The molecule has 1 aromatic carbocycles. The molecule has 3 N–H and O–H groups in total. The number of nitrogens with two attached hydrogens (primary N) is 1. The number of carbonyl (C=O) groups excluding carboxylic acids is 1. The minimum absolute atomic E-state index is 0.0340. The number of thioether (sulfide) groups is 1. The number of nitrogens with one attached hydrogen (secondary N) is 1. The number of amides is 1. The van der Waals surface area contributed by atoms with Crippen LogP contribution >= 0.6 is 11.8 Å². The van der Waals surface area contributed by atoms with Crippen LogP contribution in [0.25, 0.3) is 0 Å². The lowest BCUT2D eigenvalue weighted by atomic mass is 10.1. The van der Waals surface area contributed by atoms with E-state index in [-0.39, 0.29) is 5.91 Å². The molecule has 0 aliphatic carbocycles. The first-order valence-electron chi connectivity index (χ1n) is 5.93. The van der Waals surface area contributed by atoms with E-state index < -0.39 is 0 Å². The van der Waals surface area contributed by atoms with E-state index in [0.29, 0.717) is 12.3 Å². The Labute approximate surface area is 107 Å². The van der Waals surface area contributed by atoms with Crippen LogP contribution < -0.4 is 11.1 Å². The van der Waals surface area contributed by atoms with Crippen molar-refractivity contribution in [1.29, 1.82) is 0 Å². The van der Waals surface area contributed by atoms with Crippen molar-refractivity contribution in [3.8, 4) is 0 Å². The zero-order valence-corrected chi connectivity index (χ0v) is 11.1. The van der Waals surface area contributed by atoms with Crippen LogP contribution in [-0.2, 0) is 11.2 Å². The van der Waals surface area contributed by atoms with Gasteiger partial charge in [0.2, 0.25) is 5.91 Å². The molecule has 3 nitrogen and oxygen atoms in total. The van der Waals surface area contributed by atoms with E-state index in [9.17, 15) is 4.79 Å². The van der Waals surface area contributed by atoms with Crippen molar-refractivity contribution in [1.82, 2.24) is 0 Å². The van der Waals surface area contributed by atoms with Crippen molar-refractivity contribution in [2.75, 3.05) is 23.4 Å². The fourth-order valence-corrected chi connectivity index (χ4v) is 2.06. The molecule has 0 radical (unpaired) electrons. The summed E-state index contributed by atoms with van der Waals surface area (Å²) in [6, 6.07) is 8.03. The number of hydrogen-bond donors (Lipinski definition) is 2. The molecule has 0 aromatic heterocycles. The third kappa shape index (κ3) is 5.75. The summed E-state index contributed by atoms with van der Waals surface area (Å²) in [6.07, 6.45) is 2.22. The molecule has 0 saturated carbocycles. The Hall–Kier alpha value is -1.00. The van der Waals surface area contributed by atoms with Gasteiger partial charge in [0.25, 0.3) is 0 Å². The molecular formula is C13H20N2OS. The van der Waals surface area contributed by atoms with E-state index in [1.807, 2.05) is 12.1 Å². The van der Waals surface area contributed by atoms with Gasteiger partial charge in [-0.25, -0.2) is 0 Å². The Morgan fingerprint density at radius 1 is 1.35 bits per heavy atom. The fourth-order valence-electron chi connectivity index (χ4n) is 1.49. The van der Waals surface area contributed by atoms with Crippen molar-refractivity contribution in [3.05, 3.63) is 29.8 Å². The molecule has 1 amide bonds. The molecule has 17 heavy (non-hydrogen) atoms. The third-order valence-corrected chi connectivity index (χ3v) is 3.26. The largest absolute Gasteiger partial charge is 0.330 e. The third-order valence-electron chi connectivity index (χ3n) is 2.27. The molecule has 0 spiro atoms. The number of rotatable bonds is 7. The average Bonchev–Trinajstić information content (AvgIpc) is 2.32. The lowest BCUT2D eigenvalue weighted by Gasteiger charge is -2.06. The van der Waals surface area contributed by atoms with Gasteiger partial charge in [0.05, 0.1) is 5.75 Å². The summed E-state index contributed by atoms with van der Waals surface area (Å²) >= 11 is 1.55. The van der Waals surface area contributed by atoms with Gasteiger partial charge >= 0.3 is 0 Å². The molecule has 0 fully saturated rings. The first-order valence-corrected chi connectivity index (χ1v) is 7.08. The lowest BCUT2D eigenvalue weighted by molar-refractivity contribution is -0.113. The monoisotopic (exact) mass is 252 g/mol. The highest BCUT2D eigenvalue weighted by Crippen LogP contribution is 2.11. The van der Waals surface area contributed by atoms with Crippen LogP contribution in [0.1, 0.15) is 18.9 Å². The molecule has 0 aliphatic heterocycles. The highest BCUT2D eigenvalue weighted by atomic mass is 32.2. The molecule has 0 aliphatic rings. The van der Waals surface area contributed by atoms with Crippen LogP contribution in [0.3, 0.4) is 0 Å². The summed E-state index contributed by atoms with van der Waals surface area (Å²) in [6.45, 7) is 2.77. The Bertz CT molecular complexity index is 338. The second-order valence-electron chi connectivity index (χ2n) is 3.84. The van der Waals surface area contributed by atoms with E-state index >= 15 is 0 Å². The van der Waals surface area contributed by atoms with Crippen LogP contribution in [0.5, 0.6) is 0 Å². The predicted octanol–water partition coefficient (Wildman–Crippen LogP) is 2.27. The molecule has 0 saturated heterocycles. The standard InChI is InChI=1S/C13H20N2OS/c1-2-3-11-4-6-12(7-5-11)15-13(16)10-17-9-8-14/h4-7H,2-3,8-10,14H2,1H3,(H,15,16). The van der Waals surface area contributed by atoms with Crippen molar-refractivity contribution >= 4 is 23.4 Å². The van der Waals surface area contributed by atoms with Crippen LogP contribution in [0, 0.1) is 0 Å². The normalized spacial score (nSPS) is 10.2. The van der Waals surface area contributed by atoms with E-state index in [0.717, 1.165) is 24.3 Å². The van der Waals surface area contributed by atoms with Crippen molar-refractivity contribution < 1.29 is 4.79 Å². The first-order chi connectivity index (χ1) is 8.26. The van der Waals surface area contributed by atoms with Gasteiger partial charge in [-0.1, -0.05) is 25.5 Å². The Kier molecular flexibility index (Phi) is 6.74. The minimum atomic E-state index is 0.0340. The van der Waals surface area contributed by atoms with E-state index in [4.69, 9.17) is 5.73 Å². The zero-order chi connectivity index (χ0) is 12.5. The van der Waals surface area contributed by atoms with E-state index in [1.54, 1.807) is 11.8 Å². The second kappa shape index (κ2) is 8.14. The van der Waals surface area contributed by atoms with E-state index in [2.05, 4.69) is 24.4 Å². The first kappa shape index (κ1) is 14.1. The summed E-state index contributed by atoms with van der Waals surface area (Å²) in [5.41, 5.74) is 7.53. The van der Waals surface area contributed by atoms with Crippen LogP contribution in [0.2, 0.25) is 0 Å². The Morgan fingerprint density at radius 3 is 2.65 bits per heavy atom. The number of hydrogen-bond acceptors (Lipinski definition) is 3. The van der Waals surface area contributed by atoms with Gasteiger partial charge < -0.3 is 11.1 Å². The topological polar surface area (TPSA) is 55.1 Å². The highest BCUT2D eigenvalue weighted by molar-refractivity contribution is 7.99. The smallest absolute Gasteiger partial charge is 0.234 e. The maximum absolute atomic E-state index is 11.5. The molecular weight excluding hydrogens is 232 g/mol. The Balaban J connectivity index is 2.37. The second-order valence-corrected chi connectivity index (χ2v) is 4.94. The number of carbonyl (C=O) groups is 1. The Morgan fingerprint density at radius 2 is 2.06 bits per heavy atom. The van der Waals surface area contributed by atoms with Gasteiger partial charge in [0.15, 0.2) is 0 Å². The van der Waals surface area contributed by atoms with Gasteiger partial charge in [0, 0.05) is 18.0 Å². The van der Waals surface area contributed by atoms with Gasteiger partial charge in [-0.3, -0.25) is 4.79 Å². The predicted molar refractivity (Wildman–Crippen MR) is 75.4 cm³/mol. The molecule has 0 heterocycles. The van der Waals surface area contributed by atoms with Gasteiger partial charge in [-0.2, -0.15) is 11.8 Å². The maximum Gasteiger partial charge on any atom is 0.234 e. The highest BCUT2D eigenvalue weighted by Gasteiger charge is 2.01. The summed E-state index contributed by atoms with van der Waals surface area (Å²) < 4.78 is 0. The van der Waals surface area contributed by atoms with Crippen molar-refractivity contribution in [2.45, 2.75) is 19.8 Å². The molecule has 0 atom stereocenters. The lowest BCUT2D eigenvalue weighted by Crippen LogP contribution is -2.15. The van der Waals surface area contributed by atoms with Crippen LogP contribution in [0.4, 0.5) is 5.69 Å². The van der Waals surface area contributed by atoms with Gasteiger partial charge in [-0.05, 0) is 24.1 Å². The minimum Gasteiger partial charge on any atom is -0.330 e. The fraction of sp³-hybridized carbons (Fsp3) is 0.462. The van der Waals surface area contributed by atoms with Crippen molar-refractivity contribution in [3.63, 3.8) is 0 Å². The summed E-state index contributed by atoms with van der Waals surface area (Å²) in [4.78, 5) is 11.5. The summed E-state index contributed by atoms with van der Waals surface area (Å²) in [7, 11) is 0. The molecule has 94 valence electrons. The zero-order valence-electron chi connectivity index (χ0n) is 10.2. The summed E-state index contributed by atoms with van der Waals surface area (Å²) in [5, 5.41) is 2.87. The molecule has 1 aromatic rings. The average molecular weight is 252 g/mol. The quantitative estimate of drug-likeness (QED) is 0.732. The number of anilines is 1. The van der Waals surface area contributed by atoms with E-state index in [1.165, 1.54) is 5.56 Å². The van der Waals surface area contributed by atoms with Crippen molar-refractivity contribution in [2.24, 2.45) is 5.73 Å². The number of benzene rings is 1. The molecule has 4 heteroatoms. The molecule has 0 bridgehead atoms. The molecule has 1 rings (SSSR count). The number of aryl methyl sites for hydroxylation is 1. The van der Waals surface area contributed by atoms with Crippen LogP contribution in [0.15, 0.2) is 24.3 Å². The van der Waals surface area contributed by atoms with Crippen LogP contribution in [-0.4, -0.2) is 24.0 Å². The van der Waals surface area contributed by atoms with Gasteiger partial charge in [-0.15, -0.1) is 0 Å². The van der Waals surface area contributed by atoms with Gasteiger partial charge in [0.1, 0.15) is 0 Å². The summed E-state index contributed by atoms with van der Waals surface area (Å²) in [5.74, 6) is 1.32.